The summed E-state index contributed by atoms with van der Waals surface area (Å²) in [7, 11) is -4.53. The molecule has 6 amide bonds. The first-order valence-electron chi connectivity index (χ1n) is 20.8. The van der Waals surface area contributed by atoms with E-state index in [4.69, 9.17) is 10.8 Å². The van der Waals surface area contributed by atoms with Crippen molar-refractivity contribution in [1.29, 1.82) is 0 Å². The van der Waals surface area contributed by atoms with Gasteiger partial charge in [-0.1, -0.05) is 36.4 Å². The van der Waals surface area contributed by atoms with E-state index in [0.29, 0.717) is 27.6 Å². The summed E-state index contributed by atoms with van der Waals surface area (Å²) < 4.78 is 42.8. The molecule has 0 aliphatic carbocycles. The summed E-state index contributed by atoms with van der Waals surface area (Å²) in [5, 5.41) is 40.3. The van der Waals surface area contributed by atoms with Crippen molar-refractivity contribution in [2.24, 2.45) is 5.73 Å². The SMILES string of the molecule is Cc1cc(C)cc(S(=O)(=O)N[C@H](CC(=O)O)C(=O)N[C@@H](CCC(=O)O)C(=O)NCC(=O)N[C@@H](Cc2cccc(F)c2)C(=O)N[C@@H](Cc2c[nH]c3ccccc23)C(=O)N[C@@H](CCC(=O)O)C(N)=O)c1. The quantitative estimate of drug-likeness (QED) is 0.0389. The molecule has 3 aromatic carbocycles. The number of rotatable bonds is 26. The van der Waals surface area contributed by atoms with E-state index in [1.165, 1.54) is 24.3 Å². The lowest BCUT2D eigenvalue weighted by molar-refractivity contribution is -0.140. The number of carboxylic acids is 3. The maximum atomic E-state index is 14.3. The molecule has 0 fully saturated rings. The van der Waals surface area contributed by atoms with Gasteiger partial charge in [-0.05, 0) is 79.3 Å². The predicted octanol–water partition coefficient (Wildman–Crippen LogP) is -0.199. The van der Waals surface area contributed by atoms with Gasteiger partial charge in [-0.2, -0.15) is 4.72 Å². The van der Waals surface area contributed by atoms with Crippen molar-refractivity contribution >= 4 is 74.3 Å². The second-order valence-corrected chi connectivity index (χ2v) is 17.5. The molecule has 0 saturated carbocycles. The number of carbonyl (C=O) groups is 9. The summed E-state index contributed by atoms with van der Waals surface area (Å²) in [6, 6.07) is 7.79. The van der Waals surface area contributed by atoms with Crippen molar-refractivity contribution in [3.63, 3.8) is 0 Å². The largest absolute Gasteiger partial charge is 0.481 e. The van der Waals surface area contributed by atoms with E-state index in [2.05, 4.69) is 31.6 Å². The summed E-state index contributed by atoms with van der Waals surface area (Å²) >= 11 is 0. The number of amides is 6. The van der Waals surface area contributed by atoms with Crippen LogP contribution in [-0.2, 0) is 66.0 Å². The molecule has 1 heterocycles. The minimum absolute atomic E-state index is 0.190. The van der Waals surface area contributed by atoms with Gasteiger partial charge in [-0.15, -0.1) is 0 Å². The maximum absolute atomic E-state index is 14.3. The van der Waals surface area contributed by atoms with Crippen LogP contribution in [0.1, 0.15) is 54.4 Å². The van der Waals surface area contributed by atoms with Crippen LogP contribution in [0, 0.1) is 19.7 Å². The van der Waals surface area contributed by atoms with E-state index >= 15 is 0 Å². The number of halogens is 1. The molecule has 0 bridgehead atoms. The number of aromatic nitrogens is 1. The number of sulfonamides is 1. The van der Waals surface area contributed by atoms with E-state index < -0.39 is 138 Å². The molecule has 0 spiro atoms. The monoisotopic (exact) mass is 966 g/mol. The van der Waals surface area contributed by atoms with Gasteiger partial charge in [0.05, 0.1) is 17.9 Å². The van der Waals surface area contributed by atoms with E-state index in [-0.39, 0.29) is 23.3 Å². The number of H-pyrrole nitrogens is 1. The van der Waals surface area contributed by atoms with Crippen molar-refractivity contribution in [2.45, 2.75) is 93.9 Å². The van der Waals surface area contributed by atoms with Gasteiger partial charge in [0.1, 0.15) is 36.0 Å². The molecule has 12 N–H and O–H groups in total. The lowest BCUT2D eigenvalue weighted by atomic mass is 10.0. The molecule has 0 unspecified atom stereocenters. The smallest absolute Gasteiger partial charge is 0.305 e. The number of para-hydroxylation sites is 1. The minimum atomic E-state index is -4.53. The number of carboxylic acid groups (broad SMARTS) is 3. The van der Waals surface area contributed by atoms with Gasteiger partial charge >= 0.3 is 17.9 Å². The fourth-order valence-corrected chi connectivity index (χ4v) is 8.37. The van der Waals surface area contributed by atoms with Gasteiger partial charge in [0.15, 0.2) is 0 Å². The van der Waals surface area contributed by atoms with Crippen LogP contribution >= 0.6 is 0 Å². The molecule has 0 saturated heterocycles. The summed E-state index contributed by atoms with van der Waals surface area (Å²) in [4.78, 5) is 118. The Kier molecular flexibility index (Phi) is 18.8. The van der Waals surface area contributed by atoms with Gasteiger partial charge in [-0.25, -0.2) is 12.8 Å². The zero-order chi connectivity index (χ0) is 50.3. The first-order chi connectivity index (χ1) is 32.0. The molecule has 68 heavy (non-hydrogen) atoms. The van der Waals surface area contributed by atoms with Crippen LogP contribution in [0.25, 0.3) is 10.9 Å². The van der Waals surface area contributed by atoms with Crippen LogP contribution in [0.15, 0.2) is 77.8 Å². The number of aliphatic carboxylic acids is 3. The molecule has 1 aromatic heterocycles. The summed E-state index contributed by atoms with van der Waals surface area (Å²) in [6.07, 6.45) is -2.41. The number of fused-ring (bicyclic) bond motifs is 1. The third-order valence-corrected chi connectivity index (χ3v) is 11.7. The first kappa shape index (κ1) is 52.9. The van der Waals surface area contributed by atoms with Crippen LogP contribution in [0.2, 0.25) is 0 Å². The van der Waals surface area contributed by atoms with Crippen molar-refractivity contribution in [3.05, 3.63) is 101 Å². The van der Waals surface area contributed by atoms with Crippen molar-refractivity contribution in [3.8, 4) is 0 Å². The Bertz CT molecular complexity index is 2660. The van der Waals surface area contributed by atoms with Crippen LogP contribution in [0.5, 0.6) is 0 Å². The van der Waals surface area contributed by atoms with E-state index in [1.807, 2.05) is 4.72 Å². The standard InChI is InChI=1S/C44H51FN8O14S/c1-23-14-24(2)16-28(15-23)68(66,67)53-35(20-39(59)60)44(65)51-32(11-13-38(57)58)41(62)48-22-36(54)49-33(18-25-6-5-7-27(45)17-25)42(63)52-34(19-26-21-47-30-9-4-3-8-29(26)30)43(64)50-31(40(46)61)10-12-37(55)56/h3-9,14-17,21,31-35,47,53H,10-13,18-20,22H2,1-2H3,(H2,46,61)(H,48,62)(H,49,54)(H,50,64)(H,51,65)(H,52,63)(H,55,56)(H,57,58)(H,59,60)/t31-,32-,33-,34-,35+/m0/s1. The Hall–Kier alpha value is -7.73. The van der Waals surface area contributed by atoms with Crippen molar-refractivity contribution < 1.29 is 71.3 Å². The topological polar surface area (TPSA) is 362 Å². The Morgan fingerprint density at radius 3 is 1.84 bits per heavy atom. The van der Waals surface area contributed by atoms with Gasteiger partial charge < -0.3 is 52.6 Å². The van der Waals surface area contributed by atoms with Crippen molar-refractivity contribution in [1.82, 2.24) is 36.3 Å². The Balaban J connectivity index is 1.56. The van der Waals surface area contributed by atoms with E-state index in [1.54, 1.807) is 50.4 Å². The molecular weight excluding hydrogens is 916 g/mol. The van der Waals surface area contributed by atoms with E-state index in [0.717, 1.165) is 12.1 Å². The predicted molar refractivity (Wildman–Crippen MR) is 238 cm³/mol. The van der Waals surface area contributed by atoms with Gasteiger partial charge in [0.25, 0.3) is 0 Å². The molecule has 24 heteroatoms. The number of nitrogens with two attached hydrogens (primary N) is 1. The summed E-state index contributed by atoms with van der Waals surface area (Å²) in [5.74, 6) is -11.6. The number of benzene rings is 3. The Morgan fingerprint density at radius 1 is 0.662 bits per heavy atom. The fourth-order valence-electron chi connectivity index (χ4n) is 6.99. The molecule has 22 nitrogen and oxygen atoms in total. The van der Waals surface area contributed by atoms with Crippen LogP contribution in [-0.4, -0.2) is 119 Å². The average Bonchev–Trinajstić information content (AvgIpc) is 3.66. The highest BCUT2D eigenvalue weighted by Gasteiger charge is 2.33. The van der Waals surface area contributed by atoms with Crippen LogP contribution in [0.4, 0.5) is 4.39 Å². The minimum Gasteiger partial charge on any atom is -0.481 e. The highest BCUT2D eigenvalue weighted by atomic mass is 32.2. The third-order valence-electron chi connectivity index (χ3n) is 10.2. The number of hydrogen-bond acceptors (Lipinski definition) is 11. The second kappa shape index (κ2) is 24.2. The lowest BCUT2D eigenvalue weighted by Crippen LogP contribution is -2.58. The molecule has 0 aliphatic rings. The second-order valence-electron chi connectivity index (χ2n) is 15.8. The van der Waals surface area contributed by atoms with Crippen LogP contribution < -0.4 is 37.0 Å². The normalized spacial score (nSPS) is 13.5. The maximum Gasteiger partial charge on any atom is 0.305 e. The van der Waals surface area contributed by atoms with Crippen molar-refractivity contribution in [2.75, 3.05) is 6.54 Å². The number of primary amides is 1. The average molecular weight is 967 g/mol. The highest BCUT2D eigenvalue weighted by Crippen LogP contribution is 2.20. The first-order valence-corrected chi connectivity index (χ1v) is 22.3. The molecule has 4 rings (SSSR count). The van der Waals surface area contributed by atoms with Gasteiger partial charge in [0, 0.05) is 42.8 Å². The zero-order valence-electron chi connectivity index (χ0n) is 36.7. The Morgan fingerprint density at radius 2 is 1.24 bits per heavy atom. The number of hydrogen-bond donors (Lipinski definition) is 11. The summed E-state index contributed by atoms with van der Waals surface area (Å²) in [5.41, 5.74) is 7.91. The number of aryl methyl sites for hydroxylation is 2. The number of aromatic amines is 1. The molecule has 0 radical (unpaired) electrons. The molecule has 5 atom stereocenters. The van der Waals surface area contributed by atoms with Gasteiger partial charge in [0.2, 0.25) is 45.5 Å². The number of carbonyl (C=O) groups excluding carboxylic acids is 6. The Labute approximate surface area is 388 Å². The highest BCUT2D eigenvalue weighted by molar-refractivity contribution is 7.89. The molecule has 0 aliphatic heterocycles. The van der Waals surface area contributed by atoms with Gasteiger partial charge in [-0.3, -0.25) is 43.2 Å². The lowest BCUT2D eigenvalue weighted by Gasteiger charge is -2.25. The molecular formula is C44H51FN8O14S. The number of nitrogens with one attached hydrogen (secondary N) is 7. The molecule has 4 aromatic rings. The third kappa shape index (κ3) is 16.3. The fraction of sp³-hybridized carbons (Fsp3) is 0.341. The zero-order valence-corrected chi connectivity index (χ0v) is 37.5. The summed E-state index contributed by atoms with van der Waals surface area (Å²) in [6.45, 7) is 2.29. The van der Waals surface area contributed by atoms with E-state index in [9.17, 15) is 66.2 Å². The molecule has 364 valence electrons. The van der Waals surface area contributed by atoms with Crippen LogP contribution in [0.3, 0.4) is 0 Å².